The van der Waals surface area contributed by atoms with Crippen molar-refractivity contribution in [2.45, 2.75) is 78.2 Å². The summed E-state index contributed by atoms with van der Waals surface area (Å²) in [6, 6.07) is 3.55. The van der Waals surface area contributed by atoms with Gasteiger partial charge in [-0.1, -0.05) is 32.4 Å². The molecule has 1 amide bonds. The molecule has 1 aromatic heterocycles. The molecular formula is C29H42N2O3. The number of rotatable bonds is 5. The standard InChI is InChI=1S/C29H42N2O3/c1-18(17-34-27-22(26(33)30-4)6-5-15-31-27)23-9-10-24-21-8-7-19-16-20(32)11-13-28(19,2)25(21)12-14-29(23,24)3/h5-7,15,18,20-21,23-25,32H,8-14,16-17H2,1-4H3,(H,30,33)/t18-,20+,21+,23-,24+,25+,28+,29-/m1/s1. The largest absolute Gasteiger partial charge is 0.477 e. The van der Waals surface area contributed by atoms with E-state index in [-0.39, 0.29) is 12.0 Å². The molecule has 3 fully saturated rings. The Morgan fingerprint density at radius 2 is 2.06 bits per heavy atom. The number of carbonyl (C=O) groups excluding carboxylic acids is 1. The molecule has 0 radical (unpaired) electrons. The average Bonchev–Trinajstić information content (AvgIpc) is 3.20. The Kier molecular flexibility index (Phi) is 6.29. The summed E-state index contributed by atoms with van der Waals surface area (Å²) in [6.07, 6.45) is 13.5. The molecule has 34 heavy (non-hydrogen) atoms. The molecule has 4 aliphatic carbocycles. The lowest BCUT2D eigenvalue weighted by Gasteiger charge is -2.58. The fraction of sp³-hybridized carbons (Fsp3) is 0.724. The van der Waals surface area contributed by atoms with Crippen LogP contribution >= 0.6 is 0 Å². The average molecular weight is 467 g/mol. The smallest absolute Gasteiger partial charge is 0.256 e. The number of hydrogen-bond acceptors (Lipinski definition) is 4. The number of fused-ring (bicyclic) bond motifs is 5. The Morgan fingerprint density at radius 3 is 2.85 bits per heavy atom. The van der Waals surface area contributed by atoms with E-state index in [1.165, 1.54) is 32.1 Å². The Hall–Kier alpha value is -1.88. The highest BCUT2D eigenvalue weighted by Crippen LogP contribution is 2.67. The zero-order valence-electron chi connectivity index (χ0n) is 21.3. The molecule has 186 valence electrons. The summed E-state index contributed by atoms with van der Waals surface area (Å²) in [5.74, 6) is 3.66. The number of aliphatic hydroxyl groups is 1. The number of allylic oxidation sites excluding steroid dienone is 1. The summed E-state index contributed by atoms with van der Waals surface area (Å²) >= 11 is 0. The van der Waals surface area contributed by atoms with Gasteiger partial charge in [0.1, 0.15) is 5.56 Å². The molecule has 5 nitrogen and oxygen atoms in total. The van der Waals surface area contributed by atoms with Crippen LogP contribution in [-0.4, -0.2) is 35.8 Å². The molecule has 5 heteroatoms. The van der Waals surface area contributed by atoms with Crippen molar-refractivity contribution in [3.05, 3.63) is 35.5 Å². The zero-order chi connectivity index (χ0) is 24.1. The fourth-order valence-electron chi connectivity index (χ4n) is 8.76. The van der Waals surface area contributed by atoms with Gasteiger partial charge in [-0.25, -0.2) is 4.98 Å². The minimum absolute atomic E-state index is 0.135. The van der Waals surface area contributed by atoms with E-state index >= 15 is 0 Å². The van der Waals surface area contributed by atoms with Crippen LogP contribution in [0.1, 0.15) is 82.5 Å². The van der Waals surface area contributed by atoms with Gasteiger partial charge in [0.05, 0.1) is 12.7 Å². The van der Waals surface area contributed by atoms with Crippen molar-refractivity contribution in [2.24, 2.45) is 40.4 Å². The van der Waals surface area contributed by atoms with E-state index in [9.17, 15) is 9.90 Å². The summed E-state index contributed by atoms with van der Waals surface area (Å²) < 4.78 is 6.16. The fourth-order valence-corrected chi connectivity index (χ4v) is 8.76. The van der Waals surface area contributed by atoms with E-state index in [0.717, 1.165) is 37.0 Å². The van der Waals surface area contributed by atoms with Crippen LogP contribution in [0.2, 0.25) is 0 Å². The van der Waals surface area contributed by atoms with Gasteiger partial charge in [-0.05, 0) is 104 Å². The molecule has 0 unspecified atom stereocenters. The highest BCUT2D eigenvalue weighted by atomic mass is 16.5. The Labute approximate surface area is 204 Å². The van der Waals surface area contributed by atoms with Crippen molar-refractivity contribution < 1.29 is 14.6 Å². The minimum Gasteiger partial charge on any atom is -0.477 e. The number of carbonyl (C=O) groups is 1. The maximum atomic E-state index is 12.2. The van der Waals surface area contributed by atoms with Crippen LogP contribution in [0.25, 0.3) is 0 Å². The summed E-state index contributed by atoms with van der Waals surface area (Å²) in [6.45, 7) is 7.99. The zero-order valence-corrected chi connectivity index (χ0v) is 21.3. The number of nitrogens with zero attached hydrogens (tertiary/aromatic N) is 1. The summed E-state index contributed by atoms with van der Waals surface area (Å²) in [7, 11) is 1.64. The predicted molar refractivity (Wildman–Crippen MR) is 133 cm³/mol. The van der Waals surface area contributed by atoms with Gasteiger partial charge in [-0.15, -0.1) is 0 Å². The van der Waals surface area contributed by atoms with Crippen LogP contribution < -0.4 is 10.1 Å². The Morgan fingerprint density at radius 1 is 1.24 bits per heavy atom. The van der Waals surface area contributed by atoms with Crippen LogP contribution in [0.3, 0.4) is 0 Å². The van der Waals surface area contributed by atoms with Gasteiger partial charge in [0.15, 0.2) is 0 Å². The normalized spacial score (nSPS) is 39.8. The lowest BCUT2D eigenvalue weighted by Crippen LogP contribution is -2.51. The second-order valence-electron chi connectivity index (χ2n) is 12.1. The molecule has 8 atom stereocenters. The van der Waals surface area contributed by atoms with Crippen LogP contribution in [0.4, 0.5) is 0 Å². The number of pyridine rings is 1. The topological polar surface area (TPSA) is 71.5 Å². The lowest BCUT2D eigenvalue weighted by atomic mass is 9.47. The van der Waals surface area contributed by atoms with Crippen molar-refractivity contribution in [2.75, 3.05) is 13.7 Å². The first kappa shape index (κ1) is 23.8. The lowest BCUT2D eigenvalue weighted by molar-refractivity contribution is -0.0592. The van der Waals surface area contributed by atoms with Gasteiger partial charge in [0.25, 0.3) is 5.91 Å². The van der Waals surface area contributed by atoms with Gasteiger partial charge in [-0.2, -0.15) is 0 Å². The van der Waals surface area contributed by atoms with Crippen molar-refractivity contribution in [3.63, 3.8) is 0 Å². The molecule has 4 aliphatic rings. The van der Waals surface area contributed by atoms with Crippen LogP contribution in [0.15, 0.2) is 30.0 Å². The minimum atomic E-state index is -0.157. The SMILES string of the molecule is CNC(=O)c1cccnc1OC[C@@H](C)[C@H]1CC[C@H]2[C@@H]3CC=C4C[C@@H](O)CC[C@]4(C)[C@H]3CC[C@]12C. The maximum absolute atomic E-state index is 12.2. The van der Waals surface area contributed by atoms with Crippen molar-refractivity contribution in [3.8, 4) is 5.88 Å². The predicted octanol–water partition coefficient (Wildman–Crippen LogP) is 5.40. The van der Waals surface area contributed by atoms with Gasteiger partial charge < -0.3 is 15.2 Å². The molecule has 0 aliphatic heterocycles. The molecule has 3 saturated carbocycles. The van der Waals surface area contributed by atoms with Crippen LogP contribution in [-0.2, 0) is 0 Å². The molecule has 0 saturated heterocycles. The van der Waals surface area contributed by atoms with E-state index in [2.05, 4.69) is 37.1 Å². The monoisotopic (exact) mass is 466 g/mol. The summed E-state index contributed by atoms with van der Waals surface area (Å²) in [4.78, 5) is 16.5. The number of amides is 1. The Balaban J connectivity index is 1.30. The van der Waals surface area contributed by atoms with E-state index in [1.54, 1.807) is 31.0 Å². The first-order valence-electron chi connectivity index (χ1n) is 13.5. The van der Waals surface area contributed by atoms with Crippen molar-refractivity contribution in [1.29, 1.82) is 0 Å². The molecule has 1 heterocycles. The molecule has 1 aromatic rings. The Bertz CT molecular complexity index is 960. The third-order valence-corrected chi connectivity index (χ3v) is 10.6. The van der Waals surface area contributed by atoms with E-state index < -0.39 is 0 Å². The van der Waals surface area contributed by atoms with Crippen molar-refractivity contribution in [1.82, 2.24) is 10.3 Å². The van der Waals surface area contributed by atoms with Crippen LogP contribution in [0.5, 0.6) is 5.88 Å². The third-order valence-electron chi connectivity index (χ3n) is 10.6. The molecule has 0 aromatic carbocycles. The van der Waals surface area contributed by atoms with Gasteiger partial charge >= 0.3 is 0 Å². The summed E-state index contributed by atoms with van der Waals surface area (Å²) in [5.41, 5.74) is 2.71. The van der Waals surface area contributed by atoms with E-state index in [1.807, 2.05) is 0 Å². The highest BCUT2D eigenvalue weighted by molar-refractivity contribution is 5.96. The molecule has 0 spiro atoms. The van der Waals surface area contributed by atoms with Gasteiger partial charge in [-0.3, -0.25) is 4.79 Å². The number of ether oxygens (including phenoxy) is 1. The van der Waals surface area contributed by atoms with Crippen LogP contribution in [0, 0.1) is 40.4 Å². The van der Waals surface area contributed by atoms with E-state index in [4.69, 9.17) is 4.74 Å². The number of aromatic nitrogens is 1. The maximum Gasteiger partial charge on any atom is 0.256 e. The summed E-state index contributed by atoms with van der Waals surface area (Å²) in [5, 5.41) is 12.9. The van der Waals surface area contributed by atoms with E-state index in [0.29, 0.717) is 40.7 Å². The third kappa shape index (κ3) is 3.79. The molecule has 2 N–H and O–H groups in total. The molecular weight excluding hydrogens is 424 g/mol. The number of hydrogen-bond donors (Lipinski definition) is 2. The quantitative estimate of drug-likeness (QED) is 0.570. The van der Waals surface area contributed by atoms with Gasteiger partial charge in [0, 0.05) is 13.2 Å². The van der Waals surface area contributed by atoms with Gasteiger partial charge in [0.2, 0.25) is 5.88 Å². The number of nitrogens with one attached hydrogen (secondary N) is 1. The number of aliphatic hydroxyl groups excluding tert-OH is 1. The first-order chi connectivity index (χ1) is 16.3. The highest BCUT2D eigenvalue weighted by Gasteiger charge is 2.59. The first-order valence-corrected chi connectivity index (χ1v) is 13.5. The van der Waals surface area contributed by atoms with Crippen molar-refractivity contribution >= 4 is 5.91 Å². The second kappa shape index (κ2) is 8.96. The second-order valence-corrected chi connectivity index (χ2v) is 12.1. The molecule has 0 bridgehead atoms. The molecule has 5 rings (SSSR count).